The Kier molecular flexibility index (Phi) is 3.63. The van der Waals surface area contributed by atoms with Gasteiger partial charge in [0.15, 0.2) is 0 Å². The van der Waals surface area contributed by atoms with Crippen molar-refractivity contribution in [2.45, 2.75) is 37.4 Å². The first-order valence-corrected chi connectivity index (χ1v) is 4.27. The zero-order valence-corrected chi connectivity index (χ0v) is 7.75. The van der Waals surface area contributed by atoms with E-state index in [1.54, 1.807) is 6.92 Å². The minimum Gasteiger partial charge on any atom is -0.394 e. The summed E-state index contributed by atoms with van der Waals surface area (Å²) < 4.78 is 10.2. The van der Waals surface area contributed by atoms with Gasteiger partial charge in [-0.1, -0.05) is 0 Å². The van der Waals surface area contributed by atoms with E-state index in [1.165, 1.54) is 7.11 Å². The highest BCUT2D eigenvalue weighted by atomic mass is 16.6. The van der Waals surface area contributed by atoms with Crippen LogP contribution in [0.1, 0.15) is 6.92 Å². The third-order valence-electron chi connectivity index (χ3n) is 2.38. The number of aliphatic hydroxyl groups excluding tert-OH is 3. The molecule has 5 heteroatoms. The Morgan fingerprint density at radius 1 is 1.31 bits per heavy atom. The van der Waals surface area contributed by atoms with Crippen LogP contribution in [0, 0.1) is 0 Å². The average molecular weight is 192 g/mol. The van der Waals surface area contributed by atoms with Crippen LogP contribution in [0.15, 0.2) is 0 Å². The van der Waals surface area contributed by atoms with Crippen molar-refractivity contribution in [3.05, 3.63) is 0 Å². The van der Waals surface area contributed by atoms with Crippen LogP contribution in [0.25, 0.3) is 0 Å². The minimum absolute atomic E-state index is 0.230. The highest BCUT2D eigenvalue weighted by Crippen LogP contribution is 2.22. The van der Waals surface area contributed by atoms with Crippen molar-refractivity contribution in [2.24, 2.45) is 0 Å². The molecule has 0 radical (unpaired) electrons. The summed E-state index contributed by atoms with van der Waals surface area (Å²) in [7, 11) is 1.41. The zero-order chi connectivity index (χ0) is 10.0. The molecular weight excluding hydrogens is 176 g/mol. The second-order valence-corrected chi connectivity index (χ2v) is 3.24. The summed E-state index contributed by atoms with van der Waals surface area (Å²) in [5.41, 5.74) is 0. The van der Waals surface area contributed by atoms with Crippen molar-refractivity contribution in [3.8, 4) is 0 Å². The van der Waals surface area contributed by atoms with Crippen LogP contribution < -0.4 is 0 Å². The number of aliphatic hydroxyl groups is 3. The second kappa shape index (κ2) is 4.34. The molecule has 0 spiro atoms. The van der Waals surface area contributed by atoms with E-state index in [4.69, 9.17) is 14.6 Å². The Morgan fingerprint density at radius 2 is 1.92 bits per heavy atom. The molecule has 0 aromatic rings. The van der Waals surface area contributed by atoms with Crippen LogP contribution in [-0.4, -0.2) is 59.6 Å². The maximum absolute atomic E-state index is 9.54. The third-order valence-corrected chi connectivity index (χ3v) is 2.38. The largest absolute Gasteiger partial charge is 0.394 e. The lowest BCUT2D eigenvalue weighted by Gasteiger charge is -2.40. The molecule has 0 aromatic heterocycles. The topological polar surface area (TPSA) is 79.2 Å². The van der Waals surface area contributed by atoms with Gasteiger partial charge >= 0.3 is 0 Å². The fourth-order valence-electron chi connectivity index (χ4n) is 1.56. The van der Waals surface area contributed by atoms with E-state index in [-0.39, 0.29) is 6.61 Å². The van der Waals surface area contributed by atoms with E-state index in [9.17, 15) is 10.2 Å². The van der Waals surface area contributed by atoms with E-state index in [1.807, 2.05) is 0 Å². The van der Waals surface area contributed by atoms with Gasteiger partial charge in [0.05, 0.1) is 12.7 Å². The lowest BCUT2D eigenvalue weighted by Crippen LogP contribution is -2.58. The molecule has 5 atom stereocenters. The van der Waals surface area contributed by atoms with Crippen LogP contribution in [-0.2, 0) is 9.47 Å². The monoisotopic (exact) mass is 192 g/mol. The van der Waals surface area contributed by atoms with E-state index in [2.05, 4.69) is 0 Å². The van der Waals surface area contributed by atoms with Crippen molar-refractivity contribution in [3.63, 3.8) is 0 Å². The number of methoxy groups -OCH3 is 1. The predicted octanol–water partition coefficient (Wildman–Crippen LogP) is -1.50. The Morgan fingerprint density at radius 3 is 2.38 bits per heavy atom. The van der Waals surface area contributed by atoms with Crippen LogP contribution in [0.3, 0.4) is 0 Å². The fourth-order valence-corrected chi connectivity index (χ4v) is 1.56. The minimum atomic E-state index is -1.01. The van der Waals surface area contributed by atoms with Gasteiger partial charge in [-0.25, -0.2) is 0 Å². The van der Waals surface area contributed by atoms with Gasteiger partial charge in [-0.3, -0.25) is 0 Å². The Bertz CT molecular complexity index is 161. The molecule has 0 aliphatic carbocycles. The lowest BCUT2D eigenvalue weighted by molar-refractivity contribution is -0.231. The summed E-state index contributed by atoms with van der Waals surface area (Å²) in [5.74, 6) is 0. The van der Waals surface area contributed by atoms with Crippen molar-refractivity contribution >= 4 is 0 Å². The summed E-state index contributed by atoms with van der Waals surface area (Å²) in [4.78, 5) is 0. The molecule has 0 bridgehead atoms. The lowest BCUT2D eigenvalue weighted by atomic mass is 9.96. The molecule has 2 unspecified atom stereocenters. The van der Waals surface area contributed by atoms with Crippen LogP contribution in [0.4, 0.5) is 0 Å². The summed E-state index contributed by atoms with van der Waals surface area (Å²) >= 11 is 0. The van der Waals surface area contributed by atoms with Gasteiger partial charge in [-0.05, 0) is 6.92 Å². The highest BCUT2D eigenvalue weighted by molar-refractivity contribution is 4.91. The first-order chi connectivity index (χ1) is 6.11. The standard InChI is InChI=1S/C8H16O5/c1-4-6(10)7(11)8(12-2)5(3-9)13-4/h4-11H,3H2,1-2H3/t4-,5?,6+,7-,8?/m1/s1. The molecule has 1 aliphatic heterocycles. The summed E-state index contributed by atoms with van der Waals surface area (Å²) in [6.45, 7) is 1.41. The van der Waals surface area contributed by atoms with Gasteiger partial charge in [0.1, 0.15) is 24.4 Å². The van der Waals surface area contributed by atoms with E-state index < -0.39 is 30.5 Å². The quantitative estimate of drug-likeness (QED) is 0.496. The van der Waals surface area contributed by atoms with Crippen molar-refractivity contribution in [1.82, 2.24) is 0 Å². The molecule has 1 saturated heterocycles. The van der Waals surface area contributed by atoms with Gasteiger partial charge in [-0.2, -0.15) is 0 Å². The first-order valence-electron chi connectivity index (χ1n) is 4.27. The van der Waals surface area contributed by atoms with E-state index in [0.29, 0.717) is 0 Å². The first kappa shape index (κ1) is 10.9. The SMILES string of the molecule is COC1C(CO)O[C@H](C)[C@H](O)[C@H]1O. The van der Waals surface area contributed by atoms with Crippen molar-refractivity contribution in [2.75, 3.05) is 13.7 Å². The Balaban J connectivity index is 2.69. The summed E-state index contributed by atoms with van der Waals surface area (Å²) in [6.07, 6.45) is -3.70. The molecule has 13 heavy (non-hydrogen) atoms. The molecule has 0 amide bonds. The molecule has 1 fully saturated rings. The summed E-state index contributed by atoms with van der Waals surface area (Å²) in [6, 6.07) is 0. The van der Waals surface area contributed by atoms with Crippen LogP contribution in [0.2, 0.25) is 0 Å². The Labute approximate surface area is 76.9 Å². The second-order valence-electron chi connectivity index (χ2n) is 3.24. The third kappa shape index (κ3) is 2.00. The average Bonchev–Trinajstić information content (AvgIpc) is 2.13. The van der Waals surface area contributed by atoms with Gasteiger partial charge in [-0.15, -0.1) is 0 Å². The number of hydrogen-bond donors (Lipinski definition) is 3. The highest BCUT2D eigenvalue weighted by Gasteiger charge is 2.42. The number of ether oxygens (including phenoxy) is 2. The predicted molar refractivity (Wildman–Crippen MR) is 44.2 cm³/mol. The molecule has 1 rings (SSSR count). The molecule has 0 saturated carbocycles. The fraction of sp³-hybridized carbons (Fsp3) is 1.00. The van der Waals surface area contributed by atoms with Crippen molar-refractivity contribution < 1.29 is 24.8 Å². The van der Waals surface area contributed by atoms with Crippen molar-refractivity contribution in [1.29, 1.82) is 0 Å². The smallest absolute Gasteiger partial charge is 0.114 e. The van der Waals surface area contributed by atoms with Crippen LogP contribution in [0.5, 0.6) is 0 Å². The normalized spacial score (nSPS) is 46.4. The van der Waals surface area contributed by atoms with Crippen LogP contribution >= 0.6 is 0 Å². The van der Waals surface area contributed by atoms with E-state index in [0.717, 1.165) is 0 Å². The van der Waals surface area contributed by atoms with Gasteiger partial charge in [0, 0.05) is 7.11 Å². The summed E-state index contributed by atoms with van der Waals surface area (Å²) in [5, 5.41) is 27.9. The molecule has 5 nitrogen and oxygen atoms in total. The Hall–Kier alpha value is -0.200. The molecule has 1 heterocycles. The zero-order valence-electron chi connectivity index (χ0n) is 7.75. The molecule has 1 aliphatic rings. The van der Waals surface area contributed by atoms with Gasteiger partial charge in [0.25, 0.3) is 0 Å². The number of hydrogen-bond acceptors (Lipinski definition) is 5. The molecule has 3 N–H and O–H groups in total. The van der Waals surface area contributed by atoms with E-state index >= 15 is 0 Å². The maximum atomic E-state index is 9.54. The van der Waals surface area contributed by atoms with Gasteiger partial charge < -0.3 is 24.8 Å². The molecular formula is C8H16O5. The molecule has 78 valence electrons. The molecule has 0 aromatic carbocycles. The maximum Gasteiger partial charge on any atom is 0.114 e. The number of rotatable bonds is 2. The van der Waals surface area contributed by atoms with Gasteiger partial charge in [0.2, 0.25) is 0 Å².